The van der Waals surface area contributed by atoms with Gasteiger partial charge in [-0.1, -0.05) is 77.5 Å². The van der Waals surface area contributed by atoms with Crippen LogP contribution in [0, 0.1) is 0 Å². The van der Waals surface area contributed by atoms with E-state index in [-0.39, 0.29) is 31.3 Å². The van der Waals surface area contributed by atoms with Crippen molar-refractivity contribution in [1.29, 1.82) is 0 Å². The molecule has 0 aromatic heterocycles. The third-order valence-electron chi connectivity index (χ3n) is 6.57. The van der Waals surface area contributed by atoms with Gasteiger partial charge < -0.3 is 10.2 Å². The zero-order valence-corrected chi connectivity index (χ0v) is 25.0. The van der Waals surface area contributed by atoms with E-state index < -0.39 is 16.1 Å². The first-order valence-corrected chi connectivity index (χ1v) is 15.6. The van der Waals surface area contributed by atoms with E-state index >= 15 is 0 Å². The number of sulfonamides is 1. The number of amides is 2. The SMILES string of the molecule is CCc1ccc(N(CCCC(=O)N(Cc2ccc(Br)cc2)[C@@H](Cc2ccccc2)C(=O)NC)S(C)(=O)=O)cc1. The monoisotopic (exact) mass is 613 g/mol. The smallest absolute Gasteiger partial charge is 0.242 e. The molecule has 0 aliphatic rings. The summed E-state index contributed by atoms with van der Waals surface area (Å²) in [6, 6.07) is 23.9. The number of anilines is 1. The Kier molecular flexibility index (Phi) is 11.1. The van der Waals surface area contributed by atoms with Crippen molar-refractivity contribution < 1.29 is 18.0 Å². The van der Waals surface area contributed by atoms with E-state index in [0.29, 0.717) is 18.5 Å². The summed E-state index contributed by atoms with van der Waals surface area (Å²) in [5.41, 5.74) is 3.52. The molecule has 3 aromatic rings. The molecule has 0 aliphatic carbocycles. The van der Waals surface area contributed by atoms with Gasteiger partial charge in [0.05, 0.1) is 11.9 Å². The molecule has 2 amide bonds. The molecule has 0 fully saturated rings. The van der Waals surface area contributed by atoms with Crippen molar-refractivity contribution in [2.45, 2.75) is 45.2 Å². The number of likely N-dealkylation sites (N-methyl/N-ethyl adjacent to an activating group) is 1. The summed E-state index contributed by atoms with van der Waals surface area (Å²) in [6.45, 7) is 2.45. The molecule has 0 unspecified atom stereocenters. The molecule has 0 heterocycles. The van der Waals surface area contributed by atoms with E-state index in [1.165, 1.54) is 10.6 Å². The largest absolute Gasteiger partial charge is 0.357 e. The summed E-state index contributed by atoms with van der Waals surface area (Å²) in [5.74, 6) is -0.463. The number of carbonyl (C=O) groups is 2. The number of halogens is 1. The van der Waals surface area contributed by atoms with Crippen LogP contribution in [0.2, 0.25) is 0 Å². The van der Waals surface area contributed by atoms with Gasteiger partial charge in [-0.25, -0.2) is 8.42 Å². The standard InChI is InChI=1S/C30H36BrN3O4S/c1-4-23-14-18-27(19-15-23)34(39(3,37)38)20-8-11-29(35)33(22-25-12-16-26(31)17-13-25)28(30(36)32-2)21-24-9-6-5-7-10-24/h5-7,9-10,12-19,28H,4,8,11,20-22H2,1-3H3,(H,32,36)/t28-/m0/s1. The highest BCUT2D eigenvalue weighted by molar-refractivity contribution is 9.10. The van der Waals surface area contributed by atoms with E-state index in [4.69, 9.17) is 0 Å². The van der Waals surface area contributed by atoms with E-state index in [1.54, 1.807) is 24.1 Å². The second-order valence-corrected chi connectivity index (χ2v) is 12.2. The maximum absolute atomic E-state index is 13.7. The van der Waals surface area contributed by atoms with E-state index in [0.717, 1.165) is 27.6 Å². The molecular formula is C30H36BrN3O4S. The molecule has 0 saturated heterocycles. The van der Waals surface area contributed by atoms with E-state index in [1.807, 2.05) is 73.7 Å². The summed E-state index contributed by atoms with van der Waals surface area (Å²) in [4.78, 5) is 28.4. The Morgan fingerprint density at radius 3 is 2.08 bits per heavy atom. The molecule has 1 N–H and O–H groups in total. The van der Waals surface area contributed by atoms with Crippen LogP contribution in [-0.2, 0) is 39.0 Å². The van der Waals surface area contributed by atoms with Gasteiger partial charge in [-0.05, 0) is 53.8 Å². The molecule has 0 radical (unpaired) electrons. The molecule has 3 aromatic carbocycles. The minimum Gasteiger partial charge on any atom is -0.357 e. The third-order valence-corrected chi connectivity index (χ3v) is 8.29. The van der Waals surface area contributed by atoms with Crippen LogP contribution >= 0.6 is 15.9 Å². The molecule has 0 bridgehead atoms. The quantitative estimate of drug-likeness (QED) is 0.296. The fourth-order valence-corrected chi connectivity index (χ4v) is 5.64. The first-order valence-electron chi connectivity index (χ1n) is 13.0. The van der Waals surface area contributed by atoms with Gasteiger partial charge in [0.2, 0.25) is 21.8 Å². The highest BCUT2D eigenvalue weighted by Gasteiger charge is 2.30. The number of nitrogens with one attached hydrogen (secondary N) is 1. The summed E-state index contributed by atoms with van der Waals surface area (Å²) >= 11 is 3.44. The molecule has 208 valence electrons. The van der Waals surface area contributed by atoms with Crippen molar-refractivity contribution in [1.82, 2.24) is 10.2 Å². The average Bonchev–Trinajstić information content (AvgIpc) is 2.93. The maximum Gasteiger partial charge on any atom is 0.242 e. The van der Waals surface area contributed by atoms with Crippen LogP contribution in [0.5, 0.6) is 0 Å². The molecule has 0 spiro atoms. The van der Waals surface area contributed by atoms with Gasteiger partial charge in [-0.3, -0.25) is 13.9 Å². The minimum absolute atomic E-state index is 0.0951. The van der Waals surface area contributed by atoms with Crippen molar-refractivity contribution in [3.05, 3.63) is 100 Å². The minimum atomic E-state index is -3.54. The van der Waals surface area contributed by atoms with Crippen LogP contribution in [0.4, 0.5) is 5.69 Å². The Hall–Kier alpha value is -3.17. The summed E-state index contributed by atoms with van der Waals surface area (Å²) < 4.78 is 27.4. The second kappa shape index (κ2) is 14.3. The lowest BCUT2D eigenvalue weighted by Gasteiger charge is -2.31. The maximum atomic E-state index is 13.7. The van der Waals surface area contributed by atoms with Crippen molar-refractivity contribution in [2.75, 3.05) is 24.2 Å². The topological polar surface area (TPSA) is 86.8 Å². The lowest BCUT2D eigenvalue weighted by atomic mass is 10.0. The molecule has 9 heteroatoms. The number of hydrogen-bond donors (Lipinski definition) is 1. The van der Waals surface area contributed by atoms with Gasteiger partial charge in [-0.15, -0.1) is 0 Å². The highest BCUT2D eigenvalue weighted by Crippen LogP contribution is 2.21. The van der Waals surface area contributed by atoms with Crippen molar-refractivity contribution in [2.24, 2.45) is 0 Å². The fraction of sp³-hybridized carbons (Fsp3) is 0.333. The number of carbonyl (C=O) groups excluding carboxylic acids is 2. The predicted octanol–water partition coefficient (Wildman–Crippen LogP) is 4.94. The van der Waals surface area contributed by atoms with Gasteiger partial charge in [-0.2, -0.15) is 0 Å². The van der Waals surface area contributed by atoms with Gasteiger partial charge in [0.1, 0.15) is 6.04 Å². The van der Waals surface area contributed by atoms with E-state index in [2.05, 4.69) is 21.2 Å². The van der Waals surface area contributed by atoms with Crippen LogP contribution < -0.4 is 9.62 Å². The number of hydrogen-bond acceptors (Lipinski definition) is 4. The summed E-state index contributed by atoms with van der Waals surface area (Å²) in [7, 11) is -1.98. The Balaban J connectivity index is 1.82. The average molecular weight is 615 g/mol. The molecule has 0 saturated carbocycles. The molecule has 1 atom stereocenters. The van der Waals surface area contributed by atoms with Gasteiger partial charge in [0.25, 0.3) is 0 Å². The summed E-state index contributed by atoms with van der Waals surface area (Å²) in [5, 5.41) is 2.71. The van der Waals surface area contributed by atoms with Crippen LogP contribution in [0.3, 0.4) is 0 Å². The normalized spacial score (nSPS) is 12.0. The molecule has 7 nitrogen and oxygen atoms in total. The van der Waals surface area contributed by atoms with Gasteiger partial charge in [0, 0.05) is 37.5 Å². The second-order valence-electron chi connectivity index (χ2n) is 9.43. The summed E-state index contributed by atoms with van der Waals surface area (Å²) in [6.07, 6.45) is 2.80. The zero-order chi connectivity index (χ0) is 28.4. The number of benzene rings is 3. The van der Waals surface area contributed by atoms with Crippen LogP contribution in [0.1, 0.15) is 36.5 Å². The molecule has 39 heavy (non-hydrogen) atoms. The van der Waals surface area contributed by atoms with Crippen LogP contribution in [0.15, 0.2) is 83.3 Å². The lowest BCUT2D eigenvalue weighted by Crippen LogP contribution is -2.49. The Morgan fingerprint density at radius 1 is 0.897 bits per heavy atom. The Labute approximate surface area is 240 Å². The van der Waals surface area contributed by atoms with Crippen molar-refractivity contribution >= 4 is 43.5 Å². The molecular weight excluding hydrogens is 578 g/mol. The fourth-order valence-electron chi connectivity index (χ4n) is 4.41. The van der Waals surface area contributed by atoms with Gasteiger partial charge >= 0.3 is 0 Å². The lowest BCUT2D eigenvalue weighted by molar-refractivity contribution is -0.141. The third kappa shape index (κ3) is 8.93. The number of nitrogens with zero attached hydrogens (tertiary/aromatic N) is 2. The highest BCUT2D eigenvalue weighted by atomic mass is 79.9. The van der Waals surface area contributed by atoms with Gasteiger partial charge in [0.15, 0.2) is 0 Å². The molecule has 0 aliphatic heterocycles. The first-order chi connectivity index (χ1) is 18.6. The number of rotatable bonds is 13. The van der Waals surface area contributed by atoms with Crippen molar-refractivity contribution in [3.8, 4) is 0 Å². The Morgan fingerprint density at radius 2 is 1.51 bits per heavy atom. The van der Waals surface area contributed by atoms with Crippen LogP contribution in [0.25, 0.3) is 0 Å². The predicted molar refractivity (Wildman–Crippen MR) is 160 cm³/mol. The zero-order valence-electron chi connectivity index (χ0n) is 22.6. The van der Waals surface area contributed by atoms with Crippen LogP contribution in [-0.4, -0.2) is 51.0 Å². The van der Waals surface area contributed by atoms with Crippen molar-refractivity contribution in [3.63, 3.8) is 0 Å². The molecule has 3 rings (SSSR count). The first kappa shape index (κ1) is 30.4. The number of aryl methyl sites for hydroxylation is 1. The van der Waals surface area contributed by atoms with E-state index in [9.17, 15) is 18.0 Å². The Bertz CT molecular complexity index is 1330.